The van der Waals surface area contributed by atoms with Crippen LogP contribution in [0.3, 0.4) is 0 Å². The van der Waals surface area contributed by atoms with Crippen LogP contribution in [0.4, 0.5) is 4.79 Å². The molecule has 0 aliphatic carbocycles. The Hall–Kier alpha value is -2.08. The summed E-state index contributed by atoms with van der Waals surface area (Å²) in [4.78, 5) is 26.5. The molecule has 2 amide bonds. The molecule has 0 aromatic heterocycles. The molecule has 6 nitrogen and oxygen atoms in total. The van der Waals surface area contributed by atoms with E-state index in [1.165, 1.54) is 7.11 Å². The number of hydrogen-bond donors (Lipinski definition) is 2. The topological polar surface area (TPSA) is 70.7 Å². The smallest absolute Gasteiger partial charge is 0.328 e. The van der Waals surface area contributed by atoms with Gasteiger partial charge in [-0.2, -0.15) is 0 Å². The Morgan fingerprint density at radius 2 is 1.96 bits per heavy atom. The summed E-state index contributed by atoms with van der Waals surface area (Å²) < 4.78 is 4.84. The van der Waals surface area contributed by atoms with E-state index < -0.39 is 6.04 Å². The monoisotopic (exact) mass is 331 g/mol. The predicted octanol–water partition coefficient (Wildman–Crippen LogP) is 1.61. The lowest BCUT2D eigenvalue weighted by Gasteiger charge is -2.40. The van der Waals surface area contributed by atoms with Crippen LogP contribution < -0.4 is 10.6 Å². The van der Waals surface area contributed by atoms with E-state index in [2.05, 4.69) is 22.8 Å². The van der Waals surface area contributed by atoms with Crippen LogP contribution in [-0.2, 0) is 15.1 Å². The van der Waals surface area contributed by atoms with Gasteiger partial charge in [-0.15, -0.1) is 0 Å². The molecule has 2 aliphatic heterocycles. The molecular formula is C18H25N3O3. The zero-order chi connectivity index (χ0) is 17.0. The van der Waals surface area contributed by atoms with Gasteiger partial charge in [-0.3, -0.25) is 0 Å². The van der Waals surface area contributed by atoms with Crippen molar-refractivity contribution in [1.82, 2.24) is 15.5 Å². The number of piperidine rings is 1. The number of likely N-dealkylation sites (tertiary alicyclic amines) is 1. The van der Waals surface area contributed by atoms with E-state index in [-0.39, 0.29) is 17.5 Å². The Morgan fingerprint density at radius 3 is 2.62 bits per heavy atom. The summed E-state index contributed by atoms with van der Waals surface area (Å²) in [5, 5.41) is 6.59. The van der Waals surface area contributed by atoms with Crippen LogP contribution in [0, 0.1) is 0 Å². The minimum absolute atomic E-state index is 0.173. The van der Waals surface area contributed by atoms with Crippen LogP contribution in [0.15, 0.2) is 30.3 Å². The van der Waals surface area contributed by atoms with Crippen molar-refractivity contribution in [1.29, 1.82) is 0 Å². The van der Waals surface area contributed by atoms with E-state index in [9.17, 15) is 9.59 Å². The highest BCUT2D eigenvalue weighted by atomic mass is 16.5. The Labute approximate surface area is 142 Å². The zero-order valence-electron chi connectivity index (χ0n) is 14.1. The highest BCUT2D eigenvalue weighted by Crippen LogP contribution is 2.31. The number of carbonyl (C=O) groups excluding carboxylic acids is 2. The highest BCUT2D eigenvalue weighted by molar-refractivity contribution is 5.84. The van der Waals surface area contributed by atoms with Crippen molar-refractivity contribution in [3.8, 4) is 0 Å². The Bertz CT molecular complexity index is 584. The SMILES string of the molecule is COC(=O)[C@@H]1CCCN1C(=O)NC1(c2ccccc2)CCNCC1. The number of benzene rings is 1. The van der Waals surface area contributed by atoms with E-state index in [0.717, 1.165) is 37.9 Å². The van der Waals surface area contributed by atoms with E-state index >= 15 is 0 Å². The van der Waals surface area contributed by atoms with Gasteiger partial charge in [0.05, 0.1) is 12.6 Å². The van der Waals surface area contributed by atoms with Gasteiger partial charge < -0.3 is 20.3 Å². The van der Waals surface area contributed by atoms with Crippen LogP contribution in [0.1, 0.15) is 31.2 Å². The molecule has 130 valence electrons. The zero-order valence-corrected chi connectivity index (χ0v) is 14.1. The molecule has 0 saturated carbocycles. The molecular weight excluding hydrogens is 306 g/mol. The van der Waals surface area contributed by atoms with Gasteiger partial charge in [0.25, 0.3) is 0 Å². The summed E-state index contributed by atoms with van der Waals surface area (Å²) in [6.45, 7) is 2.31. The molecule has 24 heavy (non-hydrogen) atoms. The van der Waals surface area contributed by atoms with Gasteiger partial charge in [0.15, 0.2) is 0 Å². The molecule has 2 N–H and O–H groups in total. The van der Waals surface area contributed by atoms with Crippen LogP contribution in [0.5, 0.6) is 0 Å². The second-order valence-electron chi connectivity index (χ2n) is 6.50. The first-order valence-corrected chi connectivity index (χ1v) is 8.59. The fourth-order valence-corrected chi connectivity index (χ4v) is 3.76. The number of urea groups is 1. The molecule has 1 aromatic rings. The summed E-state index contributed by atoms with van der Waals surface area (Å²) in [6, 6.07) is 9.46. The van der Waals surface area contributed by atoms with Gasteiger partial charge in [-0.25, -0.2) is 9.59 Å². The van der Waals surface area contributed by atoms with Crippen LogP contribution >= 0.6 is 0 Å². The van der Waals surface area contributed by atoms with Crippen molar-refractivity contribution >= 4 is 12.0 Å². The fraction of sp³-hybridized carbons (Fsp3) is 0.556. The first-order valence-electron chi connectivity index (χ1n) is 8.59. The molecule has 1 atom stereocenters. The molecule has 6 heteroatoms. The van der Waals surface area contributed by atoms with Gasteiger partial charge in [-0.1, -0.05) is 30.3 Å². The lowest BCUT2D eigenvalue weighted by Crippen LogP contribution is -2.57. The lowest BCUT2D eigenvalue weighted by atomic mass is 9.81. The van der Waals surface area contributed by atoms with E-state index in [1.807, 2.05) is 18.2 Å². The second-order valence-corrected chi connectivity index (χ2v) is 6.50. The van der Waals surface area contributed by atoms with Gasteiger partial charge in [-0.05, 0) is 44.3 Å². The molecule has 0 spiro atoms. The summed E-state index contributed by atoms with van der Waals surface area (Å²) in [7, 11) is 1.37. The van der Waals surface area contributed by atoms with Gasteiger partial charge >= 0.3 is 12.0 Å². The molecule has 0 bridgehead atoms. The predicted molar refractivity (Wildman–Crippen MR) is 90.5 cm³/mol. The van der Waals surface area contributed by atoms with Gasteiger partial charge in [0, 0.05) is 6.54 Å². The summed E-state index contributed by atoms with van der Waals surface area (Å²) in [5.74, 6) is -0.332. The third-order valence-electron chi connectivity index (χ3n) is 5.12. The van der Waals surface area contributed by atoms with Crippen molar-refractivity contribution in [2.75, 3.05) is 26.7 Å². The van der Waals surface area contributed by atoms with Crippen LogP contribution in [0.2, 0.25) is 0 Å². The minimum Gasteiger partial charge on any atom is -0.467 e. The molecule has 2 fully saturated rings. The Morgan fingerprint density at radius 1 is 1.25 bits per heavy atom. The summed E-state index contributed by atoms with van der Waals surface area (Å²) >= 11 is 0. The Balaban J connectivity index is 1.80. The number of nitrogens with zero attached hydrogens (tertiary/aromatic N) is 1. The van der Waals surface area contributed by atoms with E-state index in [1.54, 1.807) is 4.90 Å². The second kappa shape index (κ2) is 7.21. The van der Waals surface area contributed by atoms with Gasteiger partial charge in [0.1, 0.15) is 6.04 Å². The summed E-state index contributed by atoms with van der Waals surface area (Å²) in [6.07, 6.45) is 3.16. The minimum atomic E-state index is -0.468. The van der Waals surface area contributed by atoms with Crippen LogP contribution in [0.25, 0.3) is 0 Å². The largest absolute Gasteiger partial charge is 0.467 e. The number of methoxy groups -OCH3 is 1. The number of carbonyl (C=O) groups is 2. The number of ether oxygens (including phenoxy) is 1. The van der Waals surface area contributed by atoms with Gasteiger partial charge in [0.2, 0.25) is 0 Å². The number of nitrogens with one attached hydrogen (secondary N) is 2. The molecule has 2 saturated heterocycles. The van der Waals surface area contributed by atoms with Crippen molar-refractivity contribution < 1.29 is 14.3 Å². The standard InChI is InChI=1S/C18H25N3O3/c1-24-16(22)15-8-5-13-21(15)17(23)20-18(9-11-19-12-10-18)14-6-3-2-4-7-14/h2-4,6-7,15,19H,5,8-13H2,1H3,(H,20,23)/t15-/m0/s1. The average molecular weight is 331 g/mol. The van der Waals surface area contributed by atoms with Crippen molar-refractivity contribution in [3.63, 3.8) is 0 Å². The first kappa shape index (κ1) is 16.8. The van der Waals surface area contributed by atoms with Crippen molar-refractivity contribution in [2.24, 2.45) is 0 Å². The third-order valence-corrected chi connectivity index (χ3v) is 5.12. The molecule has 2 heterocycles. The molecule has 0 radical (unpaired) electrons. The molecule has 3 rings (SSSR count). The third kappa shape index (κ3) is 3.24. The van der Waals surface area contributed by atoms with Crippen LogP contribution in [-0.4, -0.2) is 49.7 Å². The Kier molecular flexibility index (Phi) is 5.04. The van der Waals surface area contributed by atoms with E-state index in [4.69, 9.17) is 4.74 Å². The van der Waals surface area contributed by atoms with Crippen molar-refractivity contribution in [2.45, 2.75) is 37.3 Å². The maximum atomic E-state index is 12.9. The number of esters is 1. The number of amides is 2. The molecule has 0 unspecified atom stereocenters. The maximum absolute atomic E-state index is 12.9. The van der Waals surface area contributed by atoms with E-state index in [0.29, 0.717) is 13.0 Å². The lowest BCUT2D eigenvalue weighted by molar-refractivity contribution is -0.144. The normalized spacial score (nSPS) is 22.9. The quantitative estimate of drug-likeness (QED) is 0.826. The fourth-order valence-electron chi connectivity index (χ4n) is 3.76. The highest BCUT2D eigenvalue weighted by Gasteiger charge is 2.40. The summed E-state index contributed by atoms with van der Waals surface area (Å²) in [5.41, 5.74) is 0.737. The molecule has 1 aromatic carbocycles. The number of hydrogen-bond acceptors (Lipinski definition) is 4. The number of rotatable bonds is 3. The molecule has 2 aliphatic rings. The average Bonchev–Trinajstić information content (AvgIpc) is 3.12. The maximum Gasteiger partial charge on any atom is 0.328 e. The van der Waals surface area contributed by atoms with Crippen molar-refractivity contribution in [3.05, 3.63) is 35.9 Å². The first-order chi connectivity index (χ1) is 11.7.